The second kappa shape index (κ2) is 5.71. The number of nitrogens with one attached hydrogen (secondary N) is 1. The third kappa shape index (κ3) is 2.72. The molecule has 1 aliphatic rings. The molecule has 3 rings (SSSR count). The predicted molar refractivity (Wildman–Crippen MR) is 78.3 cm³/mol. The van der Waals surface area contributed by atoms with Gasteiger partial charge in [-0.05, 0) is 33.2 Å². The maximum atomic E-state index is 4.78. The molecule has 0 amide bonds. The zero-order valence-electron chi connectivity index (χ0n) is 12.1. The monoisotopic (exact) mass is 271 g/mol. The van der Waals surface area contributed by atoms with Gasteiger partial charge in [0.05, 0.1) is 23.8 Å². The first-order valence-corrected chi connectivity index (χ1v) is 7.29. The summed E-state index contributed by atoms with van der Waals surface area (Å²) in [5.74, 6) is 0.491. The molecule has 5 heteroatoms. The number of H-pyrrole nitrogens is 1. The van der Waals surface area contributed by atoms with Crippen molar-refractivity contribution in [3.8, 4) is 11.3 Å². The van der Waals surface area contributed by atoms with Crippen molar-refractivity contribution in [2.75, 3.05) is 13.1 Å². The van der Waals surface area contributed by atoms with Gasteiger partial charge in [0.25, 0.3) is 0 Å². The predicted octanol–water partition coefficient (Wildman–Crippen LogP) is 2.45. The topological polar surface area (TPSA) is 57.7 Å². The van der Waals surface area contributed by atoms with Crippen LogP contribution in [0, 0.1) is 0 Å². The van der Waals surface area contributed by atoms with Crippen LogP contribution in [0.5, 0.6) is 0 Å². The van der Waals surface area contributed by atoms with Gasteiger partial charge >= 0.3 is 0 Å². The summed E-state index contributed by atoms with van der Waals surface area (Å²) in [5, 5.41) is 6.80. The van der Waals surface area contributed by atoms with Gasteiger partial charge in [0.1, 0.15) is 0 Å². The molecule has 106 valence electrons. The van der Waals surface area contributed by atoms with E-state index in [1.165, 1.54) is 19.4 Å². The lowest BCUT2D eigenvalue weighted by molar-refractivity contribution is 0.166. The van der Waals surface area contributed by atoms with Crippen molar-refractivity contribution in [3.05, 3.63) is 30.5 Å². The number of nitrogens with zero attached hydrogens (tertiary/aromatic N) is 4. The second-order valence-corrected chi connectivity index (χ2v) is 5.74. The van der Waals surface area contributed by atoms with Gasteiger partial charge in [-0.3, -0.25) is 10.1 Å². The van der Waals surface area contributed by atoms with Crippen molar-refractivity contribution >= 4 is 0 Å². The molecule has 0 aromatic carbocycles. The van der Waals surface area contributed by atoms with E-state index in [4.69, 9.17) is 4.98 Å². The minimum absolute atomic E-state index is 0.491. The van der Waals surface area contributed by atoms with Crippen molar-refractivity contribution in [1.82, 2.24) is 25.1 Å². The molecule has 2 aromatic heterocycles. The van der Waals surface area contributed by atoms with E-state index in [-0.39, 0.29) is 0 Å². The third-order valence-electron chi connectivity index (χ3n) is 4.05. The Hall–Kier alpha value is -1.75. The first-order valence-electron chi connectivity index (χ1n) is 7.29. The van der Waals surface area contributed by atoms with Gasteiger partial charge in [-0.1, -0.05) is 0 Å². The molecule has 5 nitrogen and oxygen atoms in total. The van der Waals surface area contributed by atoms with Crippen LogP contribution in [-0.2, 0) is 0 Å². The number of hydrogen-bond acceptors (Lipinski definition) is 4. The van der Waals surface area contributed by atoms with Crippen LogP contribution in [0.1, 0.15) is 38.3 Å². The van der Waals surface area contributed by atoms with Crippen molar-refractivity contribution in [2.45, 2.75) is 38.6 Å². The Kier molecular flexibility index (Phi) is 3.78. The van der Waals surface area contributed by atoms with Crippen LogP contribution >= 0.6 is 0 Å². The van der Waals surface area contributed by atoms with Crippen molar-refractivity contribution < 1.29 is 0 Å². The summed E-state index contributed by atoms with van der Waals surface area (Å²) in [6, 6.07) is 0.600. The Morgan fingerprint density at radius 3 is 2.95 bits per heavy atom. The SMILES string of the molecule is CC(C)N1CCC[C@H](c2cncc(-c3cn[nH]c3)n2)C1. The zero-order valence-corrected chi connectivity index (χ0v) is 12.1. The van der Waals surface area contributed by atoms with Crippen LogP contribution in [0.2, 0.25) is 0 Å². The molecule has 0 unspecified atom stereocenters. The molecule has 0 radical (unpaired) electrons. The van der Waals surface area contributed by atoms with E-state index in [9.17, 15) is 0 Å². The largest absolute Gasteiger partial charge is 0.300 e. The molecule has 1 saturated heterocycles. The fourth-order valence-electron chi connectivity index (χ4n) is 2.82. The zero-order chi connectivity index (χ0) is 13.9. The second-order valence-electron chi connectivity index (χ2n) is 5.74. The van der Waals surface area contributed by atoms with E-state index in [2.05, 4.69) is 33.9 Å². The summed E-state index contributed by atoms with van der Waals surface area (Å²) in [4.78, 5) is 11.7. The molecular weight excluding hydrogens is 250 g/mol. The Morgan fingerprint density at radius 2 is 2.20 bits per heavy atom. The van der Waals surface area contributed by atoms with E-state index in [0.717, 1.165) is 23.5 Å². The van der Waals surface area contributed by atoms with Crippen LogP contribution < -0.4 is 0 Å². The first kappa shape index (κ1) is 13.2. The normalized spacial score (nSPS) is 20.4. The molecule has 0 saturated carbocycles. The average molecular weight is 271 g/mol. The third-order valence-corrected chi connectivity index (χ3v) is 4.05. The van der Waals surface area contributed by atoms with Gasteiger partial charge in [-0.25, -0.2) is 4.98 Å². The Bertz CT molecular complexity index is 549. The highest BCUT2D eigenvalue weighted by molar-refractivity contribution is 5.55. The maximum Gasteiger partial charge on any atom is 0.0920 e. The highest BCUT2D eigenvalue weighted by Gasteiger charge is 2.24. The lowest BCUT2D eigenvalue weighted by Gasteiger charge is -2.35. The van der Waals surface area contributed by atoms with E-state index >= 15 is 0 Å². The molecule has 1 N–H and O–H groups in total. The number of aromatic amines is 1. The molecule has 0 bridgehead atoms. The van der Waals surface area contributed by atoms with E-state index < -0.39 is 0 Å². The molecule has 2 aromatic rings. The Labute approximate surface area is 119 Å². The highest BCUT2D eigenvalue weighted by atomic mass is 15.2. The number of likely N-dealkylation sites (tertiary alicyclic amines) is 1. The van der Waals surface area contributed by atoms with Gasteiger partial charge in [0.15, 0.2) is 0 Å². The molecule has 0 aliphatic carbocycles. The fraction of sp³-hybridized carbons (Fsp3) is 0.533. The van der Waals surface area contributed by atoms with Crippen molar-refractivity contribution in [2.24, 2.45) is 0 Å². The summed E-state index contributed by atoms with van der Waals surface area (Å²) >= 11 is 0. The van der Waals surface area contributed by atoms with Gasteiger partial charge in [-0.2, -0.15) is 5.10 Å². The molecule has 1 fully saturated rings. The van der Waals surface area contributed by atoms with Gasteiger partial charge in [0.2, 0.25) is 0 Å². The van der Waals surface area contributed by atoms with Gasteiger partial charge in [-0.15, -0.1) is 0 Å². The quantitative estimate of drug-likeness (QED) is 0.931. The number of rotatable bonds is 3. The highest BCUT2D eigenvalue weighted by Crippen LogP contribution is 2.27. The van der Waals surface area contributed by atoms with Crippen LogP contribution in [0.4, 0.5) is 0 Å². The van der Waals surface area contributed by atoms with E-state index in [1.807, 2.05) is 12.4 Å². The number of hydrogen-bond donors (Lipinski definition) is 1. The Morgan fingerprint density at radius 1 is 1.30 bits per heavy atom. The lowest BCUT2D eigenvalue weighted by atomic mass is 9.94. The summed E-state index contributed by atoms with van der Waals surface area (Å²) < 4.78 is 0. The smallest absolute Gasteiger partial charge is 0.0920 e. The summed E-state index contributed by atoms with van der Waals surface area (Å²) in [6.45, 7) is 6.80. The molecule has 1 atom stereocenters. The van der Waals surface area contributed by atoms with Crippen LogP contribution in [0.3, 0.4) is 0 Å². The summed E-state index contributed by atoms with van der Waals surface area (Å²) in [7, 11) is 0. The summed E-state index contributed by atoms with van der Waals surface area (Å²) in [6.07, 6.45) is 9.80. The number of piperidine rings is 1. The maximum absolute atomic E-state index is 4.78. The minimum Gasteiger partial charge on any atom is -0.300 e. The van der Waals surface area contributed by atoms with E-state index in [0.29, 0.717) is 12.0 Å². The molecule has 1 aliphatic heterocycles. The first-order chi connectivity index (χ1) is 9.74. The number of aromatic nitrogens is 4. The molecule has 20 heavy (non-hydrogen) atoms. The van der Waals surface area contributed by atoms with Gasteiger partial charge in [0, 0.05) is 36.5 Å². The Balaban J connectivity index is 1.81. The van der Waals surface area contributed by atoms with Crippen molar-refractivity contribution in [3.63, 3.8) is 0 Å². The molecular formula is C15H21N5. The van der Waals surface area contributed by atoms with Crippen LogP contribution in [-0.4, -0.2) is 44.2 Å². The summed E-state index contributed by atoms with van der Waals surface area (Å²) in [5.41, 5.74) is 3.00. The average Bonchev–Trinajstić information content (AvgIpc) is 3.02. The standard InChI is InChI=1S/C15H21N5/c1-11(2)20-5-3-4-12(10-20)14-8-16-9-15(19-14)13-6-17-18-7-13/h6-9,11-12H,3-5,10H2,1-2H3,(H,17,18)/t12-/m0/s1. The van der Waals surface area contributed by atoms with Crippen molar-refractivity contribution in [1.29, 1.82) is 0 Å². The van der Waals surface area contributed by atoms with Crippen LogP contribution in [0.25, 0.3) is 11.3 Å². The van der Waals surface area contributed by atoms with Gasteiger partial charge < -0.3 is 4.90 Å². The fourth-order valence-corrected chi connectivity index (χ4v) is 2.82. The van der Waals surface area contributed by atoms with Crippen LogP contribution in [0.15, 0.2) is 24.8 Å². The minimum atomic E-state index is 0.491. The van der Waals surface area contributed by atoms with E-state index in [1.54, 1.807) is 12.4 Å². The molecule has 3 heterocycles. The lowest BCUT2D eigenvalue weighted by Crippen LogP contribution is -2.39. The molecule has 0 spiro atoms.